The summed E-state index contributed by atoms with van der Waals surface area (Å²) in [6.45, 7) is 5.30. The van der Waals surface area contributed by atoms with Crippen molar-refractivity contribution in [3.63, 3.8) is 0 Å². The Hall–Kier alpha value is -0.0100. The summed E-state index contributed by atoms with van der Waals surface area (Å²) in [6, 6.07) is 13.1. The monoisotopic (exact) mass is 456 g/mol. The number of fused-ring (bicyclic) bond motifs is 1. The first kappa shape index (κ1) is 31.7. The van der Waals surface area contributed by atoms with Crippen LogP contribution >= 0.6 is 24.8 Å². The van der Waals surface area contributed by atoms with Gasteiger partial charge in [0.15, 0.2) is 0 Å². The van der Waals surface area contributed by atoms with Crippen LogP contribution in [0.25, 0.3) is 10.8 Å². The number of hydrogen-bond donors (Lipinski definition) is 0. The van der Waals surface area contributed by atoms with Crippen LogP contribution in [0.3, 0.4) is 0 Å². The van der Waals surface area contributed by atoms with E-state index in [1.165, 1.54) is 58.9 Å². The van der Waals surface area contributed by atoms with E-state index in [2.05, 4.69) is 62.4 Å². The van der Waals surface area contributed by atoms with E-state index in [0.29, 0.717) is 0 Å². The second-order valence-corrected chi connectivity index (χ2v) is 4.55. The van der Waals surface area contributed by atoms with Gasteiger partial charge >= 0.3 is 30.2 Å². The van der Waals surface area contributed by atoms with Gasteiger partial charge in [0.05, 0.1) is 0 Å². The molecule has 0 spiro atoms. The zero-order valence-electron chi connectivity index (χ0n) is 14.8. The van der Waals surface area contributed by atoms with Crippen LogP contribution < -0.4 is 0 Å². The molecule has 0 heterocycles. The Bertz CT molecular complexity index is 552. The van der Waals surface area contributed by atoms with Crippen LogP contribution in [0.15, 0.2) is 54.6 Å². The summed E-state index contributed by atoms with van der Waals surface area (Å²) in [5, 5.41) is 2.82. The van der Waals surface area contributed by atoms with Gasteiger partial charge in [-0.05, 0) is 0 Å². The fourth-order valence-electron chi connectivity index (χ4n) is 2.14. The van der Waals surface area contributed by atoms with Gasteiger partial charge in [0.2, 0.25) is 0 Å². The predicted molar refractivity (Wildman–Crippen MR) is 113 cm³/mol. The Morgan fingerprint density at radius 3 is 2.33 bits per heavy atom. The van der Waals surface area contributed by atoms with Gasteiger partial charge in [-0.25, -0.2) is 12.2 Å². The van der Waals surface area contributed by atoms with Gasteiger partial charge in [0.1, 0.15) is 0 Å². The molecule has 0 aromatic heterocycles. The van der Waals surface area contributed by atoms with Crippen molar-refractivity contribution >= 4 is 42.5 Å². The SMILES string of the molecule is CCCCc1c[cH-]c2ccccc12.Cl.Cl.[C-]1=CC=CC1.[CH3-].[CH3-].[Si]=[Zr]. The van der Waals surface area contributed by atoms with E-state index in [9.17, 15) is 0 Å². The molecule has 2 radical (unpaired) electrons. The summed E-state index contributed by atoms with van der Waals surface area (Å²) in [5.41, 5.74) is 1.51. The molecule has 0 saturated heterocycles. The Kier molecular flexibility index (Phi) is 27.8. The van der Waals surface area contributed by atoms with Crippen LogP contribution in [0, 0.1) is 20.9 Å². The van der Waals surface area contributed by atoms with E-state index in [0.717, 1.165) is 6.42 Å². The average Bonchev–Trinajstić information content (AvgIpc) is 3.20. The van der Waals surface area contributed by atoms with Crippen molar-refractivity contribution in [2.75, 3.05) is 0 Å². The van der Waals surface area contributed by atoms with Gasteiger partial charge < -0.3 is 14.9 Å². The average molecular weight is 459 g/mol. The molecule has 0 aliphatic heterocycles. The summed E-state index contributed by atoms with van der Waals surface area (Å²) in [7, 11) is 0. The third kappa shape index (κ3) is 11.5. The minimum atomic E-state index is 0. The maximum absolute atomic E-state index is 3.06. The molecule has 0 bridgehead atoms. The molecule has 0 atom stereocenters. The summed E-state index contributed by atoms with van der Waals surface area (Å²) >= 11 is 1.36. The molecule has 4 heteroatoms. The molecule has 1 aliphatic rings. The first-order valence-electron chi connectivity index (χ1n) is 7.02. The molecular formula is C20H28Cl2SiZr-4. The van der Waals surface area contributed by atoms with Crippen LogP contribution in [-0.2, 0) is 29.8 Å². The molecule has 0 fully saturated rings. The van der Waals surface area contributed by atoms with E-state index in [-0.39, 0.29) is 39.7 Å². The van der Waals surface area contributed by atoms with Crippen LogP contribution in [0.2, 0.25) is 0 Å². The van der Waals surface area contributed by atoms with Crippen molar-refractivity contribution in [1.29, 1.82) is 0 Å². The van der Waals surface area contributed by atoms with Gasteiger partial charge in [0, 0.05) is 0 Å². The molecule has 2 aromatic rings. The molecule has 3 rings (SSSR count). The van der Waals surface area contributed by atoms with Crippen molar-refractivity contribution in [1.82, 2.24) is 0 Å². The number of allylic oxidation sites excluding steroid dienone is 4. The first-order chi connectivity index (χ1) is 9.92. The number of benzene rings is 1. The summed E-state index contributed by atoms with van der Waals surface area (Å²) in [5.74, 6) is 0. The van der Waals surface area contributed by atoms with Gasteiger partial charge in [0.25, 0.3) is 0 Å². The number of aryl methyl sites for hydroxylation is 1. The molecule has 0 N–H and O–H groups in total. The van der Waals surface area contributed by atoms with Crippen molar-refractivity contribution < 1.29 is 23.3 Å². The van der Waals surface area contributed by atoms with E-state index < -0.39 is 0 Å². The molecule has 1 aliphatic carbocycles. The predicted octanol–water partition coefficient (Wildman–Crippen LogP) is 6.57. The summed E-state index contributed by atoms with van der Waals surface area (Å²) < 4.78 is 0. The zero-order valence-corrected chi connectivity index (χ0v) is 19.9. The number of halogens is 2. The molecule has 0 nitrogen and oxygen atoms in total. The first-order valence-corrected chi connectivity index (χ1v) is 11.2. The summed E-state index contributed by atoms with van der Waals surface area (Å²) in [6.07, 6.45) is 13.8. The van der Waals surface area contributed by atoms with E-state index in [1.54, 1.807) is 0 Å². The topological polar surface area (TPSA) is 0 Å². The van der Waals surface area contributed by atoms with Gasteiger partial charge in [-0.15, -0.1) is 72.3 Å². The molecule has 0 amide bonds. The molecule has 2 aromatic carbocycles. The number of rotatable bonds is 3. The van der Waals surface area contributed by atoms with Crippen molar-refractivity contribution in [2.24, 2.45) is 0 Å². The number of unbranched alkanes of at least 4 members (excludes halogenated alkanes) is 1. The van der Waals surface area contributed by atoms with Gasteiger partial charge in [-0.1, -0.05) is 32.3 Å². The maximum atomic E-state index is 3.06. The van der Waals surface area contributed by atoms with Crippen LogP contribution in [0.4, 0.5) is 0 Å². The second-order valence-electron chi connectivity index (χ2n) is 4.55. The zero-order chi connectivity index (χ0) is 14.6. The molecule has 0 saturated carbocycles. The Balaban J connectivity index is -0.000000158. The van der Waals surface area contributed by atoms with Gasteiger partial charge in [-0.3, -0.25) is 6.08 Å². The fraction of sp³-hybridized carbons (Fsp3) is 0.250. The van der Waals surface area contributed by atoms with Crippen LogP contribution in [-0.4, -0.2) is 6.88 Å². The Morgan fingerprint density at radius 2 is 1.83 bits per heavy atom. The third-order valence-electron chi connectivity index (χ3n) is 3.16. The normalized spacial score (nSPS) is 9.67. The Labute approximate surface area is 178 Å². The fourth-order valence-corrected chi connectivity index (χ4v) is 2.14. The van der Waals surface area contributed by atoms with Gasteiger partial charge in [-0.2, -0.15) is 11.6 Å². The van der Waals surface area contributed by atoms with Crippen molar-refractivity contribution in [3.05, 3.63) is 81.1 Å². The quantitative estimate of drug-likeness (QED) is 0.361. The minimum absolute atomic E-state index is 0. The molecule has 134 valence electrons. The second kappa shape index (κ2) is 21.0. The standard InChI is InChI=1S/C13H15.C5H5.2CH3.2ClH.Si.Zr/c1-2-3-6-11-9-10-12-7-4-5-8-13(11)12;1-2-4-5-3-1;;;;;;/h4-5,7-10H,2-3,6H2,1H3;1-3H,4H2;2*1H3;2*1H;;/q4*-1;;;;. The van der Waals surface area contributed by atoms with E-state index in [4.69, 9.17) is 0 Å². The molecule has 0 unspecified atom stereocenters. The van der Waals surface area contributed by atoms with E-state index >= 15 is 0 Å². The summed E-state index contributed by atoms with van der Waals surface area (Å²) in [4.78, 5) is 0. The third-order valence-corrected chi connectivity index (χ3v) is 3.16. The van der Waals surface area contributed by atoms with E-state index in [1.807, 2.05) is 12.2 Å². The molecule has 24 heavy (non-hydrogen) atoms. The number of hydrogen-bond acceptors (Lipinski definition) is 0. The molecular weight excluding hydrogens is 430 g/mol. The van der Waals surface area contributed by atoms with Crippen LogP contribution in [0.1, 0.15) is 31.7 Å². The van der Waals surface area contributed by atoms with Crippen molar-refractivity contribution in [3.8, 4) is 0 Å². The van der Waals surface area contributed by atoms with Crippen molar-refractivity contribution in [2.45, 2.75) is 32.6 Å². The van der Waals surface area contributed by atoms with Crippen LogP contribution in [0.5, 0.6) is 0 Å². The Morgan fingerprint density at radius 1 is 1.17 bits per heavy atom.